The normalized spacial score (nSPS) is 17.7. The second kappa shape index (κ2) is 8.57. The Morgan fingerprint density at radius 1 is 1.21 bits per heavy atom. The van der Waals surface area contributed by atoms with Gasteiger partial charge in [-0.05, 0) is 12.6 Å². The number of rotatable bonds is 7. The molecule has 24 heavy (non-hydrogen) atoms. The van der Waals surface area contributed by atoms with Crippen LogP contribution in [0.15, 0.2) is 30.3 Å². The largest absolute Gasteiger partial charge is 0.384 e. The summed E-state index contributed by atoms with van der Waals surface area (Å²) in [5.74, 6) is -0.390. The number of likely N-dealkylation sites (N-methyl/N-ethyl adjacent to an activating group) is 1. The summed E-state index contributed by atoms with van der Waals surface area (Å²) >= 11 is 0. The Bertz CT molecular complexity index is 628. The summed E-state index contributed by atoms with van der Waals surface area (Å²) in [4.78, 5) is 16.8. The summed E-state index contributed by atoms with van der Waals surface area (Å²) in [5.41, 5.74) is 0.641. The number of hydrogen-bond donors (Lipinski definition) is 1. The fourth-order valence-electron chi connectivity index (χ4n) is 2.55. The van der Waals surface area contributed by atoms with E-state index in [1.807, 2.05) is 13.1 Å². The third kappa shape index (κ3) is 5.27. The Balaban J connectivity index is 2.18. The van der Waals surface area contributed by atoms with Crippen molar-refractivity contribution in [1.82, 2.24) is 14.5 Å². The third-order valence-electron chi connectivity index (χ3n) is 4.05. The fraction of sp³-hybridized carbons (Fsp3) is 0.562. The van der Waals surface area contributed by atoms with Crippen LogP contribution in [0, 0.1) is 0 Å². The van der Waals surface area contributed by atoms with E-state index in [1.54, 1.807) is 29.2 Å². The molecule has 0 aromatic heterocycles. The lowest BCUT2D eigenvalue weighted by molar-refractivity contribution is -0.134. The van der Waals surface area contributed by atoms with E-state index in [0.29, 0.717) is 18.7 Å². The van der Waals surface area contributed by atoms with E-state index in [9.17, 15) is 13.2 Å². The van der Waals surface area contributed by atoms with Gasteiger partial charge in [-0.3, -0.25) is 4.79 Å². The molecular weight excluding hydrogens is 330 g/mol. The Kier molecular flexibility index (Phi) is 6.73. The molecule has 134 valence electrons. The third-order valence-corrected chi connectivity index (χ3v) is 5.35. The van der Waals surface area contributed by atoms with Gasteiger partial charge >= 0.3 is 0 Å². The highest BCUT2D eigenvalue weighted by molar-refractivity contribution is 7.89. The Labute approximate surface area is 143 Å². The number of nitrogens with zero attached hydrogens (tertiary/aromatic N) is 2. The van der Waals surface area contributed by atoms with Crippen LogP contribution in [-0.2, 0) is 19.6 Å². The molecule has 1 saturated heterocycles. The molecule has 0 aliphatic carbocycles. The predicted octanol–water partition coefficient (Wildman–Crippen LogP) is 0.0675. The number of amides is 1. The highest BCUT2D eigenvalue weighted by Crippen LogP contribution is 2.18. The van der Waals surface area contributed by atoms with E-state index >= 15 is 0 Å². The molecule has 8 heteroatoms. The van der Waals surface area contributed by atoms with Gasteiger partial charge in [0.15, 0.2) is 0 Å². The minimum Gasteiger partial charge on any atom is -0.384 e. The molecule has 0 radical (unpaired) electrons. The van der Waals surface area contributed by atoms with Crippen LogP contribution in [0.25, 0.3) is 0 Å². The predicted molar refractivity (Wildman–Crippen MR) is 92.1 cm³/mol. The van der Waals surface area contributed by atoms with Gasteiger partial charge < -0.3 is 14.5 Å². The van der Waals surface area contributed by atoms with Gasteiger partial charge in [-0.1, -0.05) is 30.3 Å². The van der Waals surface area contributed by atoms with Crippen molar-refractivity contribution in [1.29, 1.82) is 0 Å². The Hall–Kier alpha value is -1.48. The van der Waals surface area contributed by atoms with E-state index in [2.05, 4.69) is 9.62 Å². The van der Waals surface area contributed by atoms with Crippen molar-refractivity contribution in [2.75, 3.05) is 52.7 Å². The number of piperazine rings is 1. The summed E-state index contributed by atoms with van der Waals surface area (Å²) in [6.45, 7) is 2.84. The number of methoxy groups -OCH3 is 1. The van der Waals surface area contributed by atoms with Crippen LogP contribution in [0.5, 0.6) is 0 Å². The molecule has 2 rings (SSSR count). The SMILES string of the molecule is COCCS(=O)(=O)N[C@H](C(=O)N1CCN(C)CC1)c1ccccc1. The molecule has 0 bridgehead atoms. The van der Waals surface area contributed by atoms with E-state index in [-0.39, 0.29) is 18.3 Å². The zero-order chi connectivity index (χ0) is 17.6. The van der Waals surface area contributed by atoms with Crippen molar-refractivity contribution < 1.29 is 17.9 Å². The minimum atomic E-state index is -3.62. The maximum Gasteiger partial charge on any atom is 0.245 e. The lowest BCUT2D eigenvalue weighted by Crippen LogP contribution is -2.51. The van der Waals surface area contributed by atoms with Crippen molar-refractivity contribution >= 4 is 15.9 Å². The molecule has 1 aromatic carbocycles. The average Bonchev–Trinajstić information content (AvgIpc) is 2.59. The molecule has 1 aromatic rings. The number of sulfonamides is 1. The highest BCUT2D eigenvalue weighted by Gasteiger charge is 2.31. The molecule has 1 heterocycles. The molecule has 1 aliphatic rings. The molecular formula is C16H25N3O4S. The first-order chi connectivity index (χ1) is 11.4. The number of carbonyl (C=O) groups is 1. The van der Waals surface area contributed by atoms with Gasteiger partial charge in [-0.25, -0.2) is 8.42 Å². The second-order valence-electron chi connectivity index (χ2n) is 5.90. The Morgan fingerprint density at radius 2 is 1.83 bits per heavy atom. The van der Waals surface area contributed by atoms with Crippen molar-refractivity contribution in [3.8, 4) is 0 Å². The second-order valence-corrected chi connectivity index (χ2v) is 7.78. The lowest BCUT2D eigenvalue weighted by atomic mass is 10.1. The maximum atomic E-state index is 12.9. The van der Waals surface area contributed by atoms with Gasteiger partial charge in [0.05, 0.1) is 12.4 Å². The number of benzene rings is 1. The maximum absolute atomic E-state index is 12.9. The average molecular weight is 355 g/mol. The first-order valence-electron chi connectivity index (χ1n) is 7.94. The van der Waals surface area contributed by atoms with Crippen LogP contribution in [-0.4, -0.2) is 76.8 Å². The van der Waals surface area contributed by atoms with Gasteiger partial charge in [-0.2, -0.15) is 4.72 Å². The standard InChI is InChI=1S/C16H25N3O4S/c1-18-8-10-19(11-9-18)16(20)15(14-6-4-3-5-7-14)17-24(21,22)13-12-23-2/h3-7,15,17H,8-13H2,1-2H3/t15-/m0/s1. The monoisotopic (exact) mass is 355 g/mol. The van der Waals surface area contributed by atoms with Crippen LogP contribution in [0.4, 0.5) is 0 Å². The fourth-order valence-corrected chi connectivity index (χ4v) is 3.65. The van der Waals surface area contributed by atoms with Crippen LogP contribution in [0.1, 0.15) is 11.6 Å². The summed E-state index contributed by atoms with van der Waals surface area (Å²) < 4.78 is 31.9. The highest BCUT2D eigenvalue weighted by atomic mass is 32.2. The van der Waals surface area contributed by atoms with Gasteiger partial charge in [0, 0.05) is 33.3 Å². The first kappa shape index (κ1) is 18.9. The number of carbonyl (C=O) groups excluding carboxylic acids is 1. The number of ether oxygens (including phenoxy) is 1. The smallest absolute Gasteiger partial charge is 0.245 e. The molecule has 1 N–H and O–H groups in total. The van der Waals surface area contributed by atoms with E-state index in [0.717, 1.165) is 13.1 Å². The molecule has 0 saturated carbocycles. The van der Waals surface area contributed by atoms with Crippen molar-refractivity contribution in [3.63, 3.8) is 0 Å². The van der Waals surface area contributed by atoms with E-state index in [1.165, 1.54) is 7.11 Å². The van der Waals surface area contributed by atoms with Gasteiger partial charge in [0.25, 0.3) is 0 Å². The Morgan fingerprint density at radius 3 is 2.42 bits per heavy atom. The number of hydrogen-bond acceptors (Lipinski definition) is 5. The van der Waals surface area contributed by atoms with E-state index in [4.69, 9.17) is 4.74 Å². The molecule has 1 aliphatic heterocycles. The molecule has 0 spiro atoms. The zero-order valence-electron chi connectivity index (χ0n) is 14.1. The van der Waals surface area contributed by atoms with Crippen molar-refractivity contribution in [3.05, 3.63) is 35.9 Å². The number of nitrogens with one attached hydrogen (secondary N) is 1. The summed E-state index contributed by atoms with van der Waals surface area (Å²) in [6.07, 6.45) is 0. The molecule has 0 unspecified atom stereocenters. The van der Waals surface area contributed by atoms with Crippen LogP contribution in [0.3, 0.4) is 0 Å². The quantitative estimate of drug-likeness (QED) is 0.749. The molecule has 7 nitrogen and oxygen atoms in total. The van der Waals surface area contributed by atoms with Gasteiger partial charge in [-0.15, -0.1) is 0 Å². The zero-order valence-corrected chi connectivity index (χ0v) is 15.0. The summed E-state index contributed by atoms with van der Waals surface area (Å²) in [7, 11) is -0.171. The summed E-state index contributed by atoms with van der Waals surface area (Å²) in [5, 5.41) is 0. The van der Waals surface area contributed by atoms with E-state index < -0.39 is 16.1 Å². The van der Waals surface area contributed by atoms with Crippen LogP contribution < -0.4 is 4.72 Å². The lowest BCUT2D eigenvalue weighted by Gasteiger charge is -2.34. The summed E-state index contributed by atoms with van der Waals surface area (Å²) in [6, 6.07) is 8.04. The van der Waals surface area contributed by atoms with Crippen LogP contribution in [0.2, 0.25) is 0 Å². The van der Waals surface area contributed by atoms with Crippen molar-refractivity contribution in [2.45, 2.75) is 6.04 Å². The molecule has 1 atom stereocenters. The topological polar surface area (TPSA) is 78.9 Å². The molecule has 1 fully saturated rings. The molecule has 1 amide bonds. The van der Waals surface area contributed by atoms with Crippen molar-refractivity contribution in [2.24, 2.45) is 0 Å². The van der Waals surface area contributed by atoms with Gasteiger partial charge in [0.1, 0.15) is 6.04 Å². The van der Waals surface area contributed by atoms with Gasteiger partial charge in [0.2, 0.25) is 15.9 Å². The van der Waals surface area contributed by atoms with Crippen LogP contribution >= 0.6 is 0 Å². The first-order valence-corrected chi connectivity index (χ1v) is 9.59. The minimum absolute atomic E-state index is 0.0829.